The zero-order valence-electron chi connectivity index (χ0n) is 13.9. The molecule has 0 unspecified atom stereocenters. The number of methoxy groups -OCH3 is 1. The van der Waals surface area contributed by atoms with E-state index in [9.17, 15) is 10.1 Å². The van der Waals surface area contributed by atoms with Gasteiger partial charge >= 0.3 is 0 Å². The lowest BCUT2D eigenvalue weighted by Gasteiger charge is -2.20. The molecule has 26 heavy (non-hydrogen) atoms. The first-order valence-electron chi connectivity index (χ1n) is 8.01. The highest BCUT2D eigenvalue weighted by Crippen LogP contribution is 2.36. The predicted octanol–water partition coefficient (Wildman–Crippen LogP) is 3.49. The summed E-state index contributed by atoms with van der Waals surface area (Å²) in [5, 5.41) is 9.52. The number of benzene rings is 2. The topological polar surface area (TPSA) is 85.4 Å². The first-order valence-corrected chi connectivity index (χ1v) is 8.01. The summed E-state index contributed by atoms with van der Waals surface area (Å²) in [6.07, 6.45) is 1.72. The molecule has 0 spiro atoms. The highest BCUT2D eigenvalue weighted by Gasteiger charge is 2.30. The van der Waals surface area contributed by atoms with Gasteiger partial charge in [0.05, 0.1) is 13.2 Å². The van der Waals surface area contributed by atoms with Gasteiger partial charge in [-0.05, 0) is 24.3 Å². The van der Waals surface area contributed by atoms with Crippen molar-refractivity contribution in [3.63, 3.8) is 0 Å². The van der Waals surface area contributed by atoms with Gasteiger partial charge in [0.1, 0.15) is 12.1 Å². The number of ether oxygens (including phenoxy) is 2. The molecular formula is C20H14N2O4. The first kappa shape index (κ1) is 15.9. The fourth-order valence-corrected chi connectivity index (χ4v) is 2.91. The summed E-state index contributed by atoms with van der Waals surface area (Å²) in [6.45, 7) is 0.0601. The number of aromatic nitrogens is 1. The lowest BCUT2D eigenvalue weighted by molar-refractivity contribution is -0.116. The van der Waals surface area contributed by atoms with Gasteiger partial charge in [-0.3, -0.25) is 4.79 Å². The molecule has 2 heterocycles. The van der Waals surface area contributed by atoms with Crippen LogP contribution in [0.3, 0.4) is 0 Å². The van der Waals surface area contributed by atoms with Crippen molar-refractivity contribution < 1.29 is 18.7 Å². The maximum atomic E-state index is 12.9. The van der Waals surface area contributed by atoms with Crippen LogP contribution in [0.2, 0.25) is 0 Å². The molecule has 0 amide bonds. The van der Waals surface area contributed by atoms with Crippen molar-refractivity contribution in [1.29, 1.82) is 5.26 Å². The van der Waals surface area contributed by atoms with Gasteiger partial charge in [0, 0.05) is 11.1 Å². The van der Waals surface area contributed by atoms with E-state index in [1.807, 2.05) is 30.3 Å². The third kappa shape index (κ3) is 2.60. The maximum absolute atomic E-state index is 12.9. The lowest BCUT2D eigenvalue weighted by Crippen LogP contribution is -2.20. The van der Waals surface area contributed by atoms with E-state index in [0.29, 0.717) is 28.2 Å². The van der Waals surface area contributed by atoms with Gasteiger partial charge in [0.2, 0.25) is 5.89 Å². The fraction of sp³-hybridized carbons (Fsp3) is 0.150. The molecule has 0 aliphatic carbocycles. The van der Waals surface area contributed by atoms with E-state index < -0.39 is 5.92 Å². The van der Waals surface area contributed by atoms with Crippen molar-refractivity contribution in [2.75, 3.05) is 13.7 Å². The number of hydrogen-bond acceptors (Lipinski definition) is 6. The molecule has 2 aromatic carbocycles. The van der Waals surface area contributed by atoms with Crippen molar-refractivity contribution in [1.82, 2.24) is 4.98 Å². The Balaban J connectivity index is 1.69. The summed E-state index contributed by atoms with van der Waals surface area (Å²) in [5.74, 6) is -0.226. The minimum absolute atomic E-state index is 0.0601. The molecule has 0 N–H and O–H groups in total. The number of oxazole rings is 1. The van der Waals surface area contributed by atoms with E-state index in [1.54, 1.807) is 31.4 Å². The lowest BCUT2D eigenvalue weighted by atomic mass is 9.95. The highest BCUT2D eigenvalue weighted by molar-refractivity contribution is 6.06. The van der Waals surface area contributed by atoms with Crippen molar-refractivity contribution in [3.8, 4) is 17.6 Å². The number of Topliss-reactive ketones (excluding diaryl/α,β-unsaturated/α-hetero) is 1. The summed E-state index contributed by atoms with van der Waals surface area (Å²) in [7, 11) is 1.56. The summed E-state index contributed by atoms with van der Waals surface area (Å²) < 4.78 is 16.6. The van der Waals surface area contributed by atoms with Crippen LogP contribution in [0.5, 0.6) is 11.5 Å². The van der Waals surface area contributed by atoms with Gasteiger partial charge in [-0.2, -0.15) is 5.26 Å². The van der Waals surface area contributed by atoms with Gasteiger partial charge in [-0.1, -0.05) is 24.3 Å². The SMILES string of the molecule is COc1cccc2c1OCC(C(=O)[C@@H](C#N)c1nc3ccccc3o1)=C2. The van der Waals surface area contributed by atoms with Crippen molar-refractivity contribution in [2.45, 2.75) is 5.92 Å². The van der Waals surface area contributed by atoms with Gasteiger partial charge in [-0.15, -0.1) is 0 Å². The number of para-hydroxylation sites is 3. The molecule has 1 aliphatic rings. The van der Waals surface area contributed by atoms with Crippen LogP contribution in [0.4, 0.5) is 0 Å². The molecule has 0 radical (unpaired) electrons. The van der Waals surface area contributed by atoms with Crippen molar-refractivity contribution >= 4 is 23.0 Å². The van der Waals surface area contributed by atoms with Crippen LogP contribution < -0.4 is 9.47 Å². The monoisotopic (exact) mass is 346 g/mol. The number of hydrogen-bond donors (Lipinski definition) is 0. The fourth-order valence-electron chi connectivity index (χ4n) is 2.91. The second kappa shape index (κ2) is 6.37. The molecule has 1 atom stereocenters. The van der Waals surface area contributed by atoms with Crippen LogP contribution >= 0.6 is 0 Å². The van der Waals surface area contributed by atoms with Crippen LogP contribution in [-0.4, -0.2) is 24.5 Å². The van der Waals surface area contributed by atoms with Crippen LogP contribution in [0.25, 0.3) is 17.2 Å². The van der Waals surface area contributed by atoms with Gasteiger partial charge in [0.15, 0.2) is 28.8 Å². The van der Waals surface area contributed by atoms with E-state index in [4.69, 9.17) is 13.9 Å². The molecule has 3 aromatic rings. The van der Waals surface area contributed by atoms with E-state index in [1.165, 1.54) is 0 Å². The number of carbonyl (C=O) groups excluding carboxylic acids is 1. The van der Waals surface area contributed by atoms with E-state index in [2.05, 4.69) is 4.98 Å². The number of ketones is 1. The molecular weight excluding hydrogens is 332 g/mol. The summed E-state index contributed by atoms with van der Waals surface area (Å²) in [5.41, 5.74) is 2.27. The molecule has 1 aromatic heterocycles. The number of nitriles is 1. The minimum Gasteiger partial charge on any atom is -0.493 e. The third-order valence-electron chi connectivity index (χ3n) is 4.20. The summed E-state index contributed by atoms with van der Waals surface area (Å²) >= 11 is 0. The predicted molar refractivity (Wildman–Crippen MR) is 93.8 cm³/mol. The van der Waals surface area contributed by atoms with E-state index in [-0.39, 0.29) is 18.3 Å². The Morgan fingerprint density at radius 2 is 2.12 bits per heavy atom. The van der Waals surface area contributed by atoms with E-state index >= 15 is 0 Å². The summed E-state index contributed by atoms with van der Waals surface area (Å²) in [4.78, 5) is 17.1. The zero-order valence-corrected chi connectivity index (χ0v) is 13.9. The Hall–Kier alpha value is -3.59. The van der Waals surface area contributed by atoms with E-state index in [0.717, 1.165) is 5.56 Å². The van der Waals surface area contributed by atoms with Gasteiger partial charge < -0.3 is 13.9 Å². The molecule has 4 rings (SSSR count). The molecule has 128 valence electrons. The Kier molecular flexibility index (Phi) is 3.90. The van der Waals surface area contributed by atoms with Crippen LogP contribution in [0, 0.1) is 11.3 Å². The van der Waals surface area contributed by atoms with Crippen LogP contribution in [0.15, 0.2) is 52.5 Å². The Morgan fingerprint density at radius 3 is 2.88 bits per heavy atom. The van der Waals surface area contributed by atoms with Crippen molar-refractivity contribution in [3.05, 3.63) is 59.5 Å². The Labute approximate surface area is 149 Å². The standard InChI is InChI=1S/C20H14N2O4/c1-24-17-8-4-5-12-9-13(11-25-19(12)17)18(23)14(10-21)20-22-15-6-2-3-7-16(15)26-20/h2-9,14H,11H2,1H3/t14-/m1/s1. The van der Waals surface area contributed by atoms with Crippen LogP contribution in [-0.2, 0) is 4.79 Å². The number of fused-ring (bicyclic) bond motifs is 2. The second-order valence-electron chi connectivity index (χ2n) is 5.78. The molecule has 0 saturated carbocycles. The van der Waals surface area contributed by atoms with Gasteiger partial charge in [0.25, 0.3) is 0 Å². The molecule has 6 nitrogen and oxygen atoms in total. The minimum atomic E-state index is -1.12. The number of carbonyl (C=O) groups is 1. The molecule has 6 heteroatoms. The molecule has 0 saturated heterocycles. The first-order chi connectivity index (χ1) is 12.7. The zero-order chi connectivity index (χ0) is 18.1. The molecule has 0 bridgehead atoms. The average Bonchev–Trinajstić information content (AvgIpc) is 3.11. The Morgan fingerprint density at radius 1 is 1.27 bits per heavy atom. The smallest absolute Gasteiger partial charge is 0.220 e. The molecule has 1 aliphatic heterocycles. The summed E-state index contributed by atoms with van der Waals surface area (Å²) in [6, 6.07) is 14.6. The largest absolute Gasteiger partial charge is 0.493 e. The second-order valence-corrected chi connectivity index (χ2v) is 5.78. The number of rotatable bonds is 4. The average molecular weight is 346 g/mol. The maximum Gasteiger partial charge on any atom is 0.220 e. The Bertz CT molecular complexity index is 1040. The third-order valence-corrected chi connectivity index (χ3v) is 4.20. The highest BCUT2D eigenvalue weighted by atomic mass is 16.5. The number of nitrogens with zero attached hydrogens (tertiary/aromatic N) is 2. The normalized spacial score (nSPS) is 13.9. The van der Waals surface area contributed by atoms with Crippen molar-refractivity contribution in [2.24, 2.45) is 0 Å². The van der Waals surface area contributed by atoms with Gasteiger partial charge in [-0.25, -0.2) is 4.98 Å². The quantitative estimate of drug-likeness (QED) is 0.719. The molecule has 0 fully saturated rings. The van der Waals surface area contributed by atoms with Crippen LogP contribution in [0.1, 0.15) is 17.4 Å².